The molecule has 1 aliphatic heterocycles. The average molecular weight is 335 g/mol. The number of hydrogen-bond acceptors (Lipinski definition) is 5. The van der Waals surface area contributed by atoms with Crippen LogP contribution >= 0.6 is 23.1 Å². The molecule has 7 heteroatoms. The highest BCUT2D eigenvalue weighted by Crippen LogP contribution is 2.24. The SMILES string of the molecule is CC(C)NCc1cc(S(=O)(=O)NCC2CCSC2)cs1. The van der Waals surface area contributed by atoms with Gasteiger partial charge in [-0.1, -0.05) is 13.8 Å². The monoisotopic (exact) mass is 334 g/mol. The van der Waals surface area contributed by atoms with Gasteiger partial charge in [0.1, 0.15) is 0 Å². The van der Waals surface area contributed by atoms with Gasteiger partial charge in [-0.3, -0.25) is 0 Å². The molecule has 1 fully saturated rings. The number of sulfonamides is 1. The van der Waals surface area contributed by atoms with Gasteiger partial charge in [-0.25, -0.2) is 13.1 Å². The topological polar surface area (TPSA) is 58.2 Å². The molecule has 1 atom stereocenters. The van der Waals surface area contributed by atoms with Gasteiger partial charge in [0.05, 0.1) is 4.90 Å². The number of thiophene rings is 1. The van der Waals surface area contributed by atoms with E-state index in [1.54, 1.807) is 11.4 Å². The van der Waals surface area contributed by atoms with Crippen molar-refractivity contribution in [2.75, 3.05) is 18.1 Å². The van der Waals surface area contributed by atoms with E-state index in [1.165, 1.54) is 11.3 Å². The largest absolute Gasteiger partial charge is 0.310 e. The number of thioether (sulfide) groups is 1. The fourth-order valence-electron chi connectivity index (χ4n) is 1.95. The summed E-state index contributed by atoms with van der Waals surface area (Å²) in [7, 11) is -3.34. The summed E-state index contributed by atoms with van der Waals surface area (Å²) in [5.74, 6) is 2.70. The van der Waals surface area contributed by atoms with Crippen molar-refractivity contribution in [3.05, 3.63) is 16.3 Å². The third-order valence-corrected chi connectivity index (χ3v) is 6.93. The molecule has 1 aromatic rings. The van der Waals surface area contributed by atoms with Crippen LogP contribution < -0.4 is 10.0 Å². The van der Waals surface area contributed by atoms with Gasteiger partial charge in [-0.2, -0.15) is 11.8 Å². The van der Waals surface area contributed by atoms with Crippen LogP contribution in [0.25, 0.3) is 0 Å². The number of rotatable bonds is 7. The third kappa shape index (κ3) is 4.73. The Morgan fingerprint density at radius 3 is 2.90 bits per heavy atom. The Hall–Kier alpha value is -0.0800. The van der Waals surface area contributed by atoms with Crippen LogP contribution in [0.2, 0.25) is 0 Å². The number of nitrogens with one attached hydrogen (secondary N) is 2. The fraction of sp³-hybridized carbons (Fsp3) is 0.692. The molecule has 0 bridgehead atoms. The average Bonchev–Trinajstić information content (AvgIpc) is 3.05. The van der Waals surface area contributed by atoms with Gasteiger partial charge in [0, 0.05) is 29.4 Å². The Morgan fingerprint density at radius 1 is 1.45 bits per heavy atom. The molecule has 20 heavy (non-hydrogen) atoms. The molecule has 0 aromatic carbocycles. The minimum absolute atomic E-state index is 0.397. The lowest BCUT2D eigenvalue weighted by Crippen LogP contribution is -2.29. The molecule has 2 heterocycles. The van der Waals surface area contributed by atoms with Crippen molar-refractivity contribution in [1.82, 2.24) is 10.0 Å². The fourth-order valence-corrected chi connectivity index (χ4v) is 5.58. The van der Waals surface area contributed by atoms with Crippen molar-refractivity contribution >= 4 is 33.1 Å². The van der Waals surface area contributed by atoms with Crippen molar-refractivity contribution in [2.45, 2.75) is 37.8 Å². The summed E-state index contributed by atoms with van der Waals surface area (Å²) >= 11 is 3.39. The smallest absolute Gasteiger partial charge is 0.241 e. The zero-order valence-electron chi connectivity index (χ0n) is 11.9. The van der Waals surface area contributed by atoms with Crippen LogP contribution in [-0.4, -0.2) is 32.5 Å². The first-order chi connectivity index (χ1) is 9.47. The van der Waals surface area contributed by atoms with Gasteiger partial charge in [-0.15, -0.1) is 11.3 Å². The van der Waals surface area contributed by atoms with Crippen LogP contribution in [0.5, 0.6) is 0 Å². The molecule has 0 spiro atoms. The van der Waals surface area contributed by atoms with Crippen molar-refractivity contribution in [3.63, 3.8) is 0 Å². The molecule has 0 radical (unpaired) electrons. The van der Waals surface area contributed by atoms with E-state index in [0.717, 1.165) is 29.3 Å². The van der Waals surface area contributed by atoms with E-state index < -0.39 is 10.0 Å². The highest BCUT2D eigenvalue weighted by molar-refractivity contribution is 7.99. The van der Waals surface area contributed by atoms with Gasteiger partial charge in [0.15, 0.2) is 0 Å². The Balaban J connectivity index is 1.91. The lowest BCUT2D eigenvalue weighted by Gasteiger charge is -2.09. The molecule has 1 saturated heterocycles. The second-order valence-electron chi connectivity index (χ2n) is 5.37. The van der Waals surface area contributed by atoms with Crippen LogP contribution in [0.1, 0.15) is 25.1 Å². The van der Waals surface area contributed by atoms with Crippen LogP contribution in [0.15, 0.2) is 16.3 Å². The maximum absolute atomic E-state index is 12.2. The highest BCUT2D eigenvalue weighted by atomic mass is 32.2. The zero-order chi connectivity index (χ0) is 14.6. The second-order valence-corrected chi connectivity index (χ2v) is 9.28. The molecule has 1 aromatic heterocycles. The van der Waals surface area contributed by atoms with Crippen LogP contribution in [-0.2, 0) is 16.6 Å². The Bertz CT molecular complexity index is 519. The van der Waals surface area contributed by atoms with Gasteiger partial charge in [0.2, 0.25) is 10.0 Å². The van der Waals surface area contributed by atoms with Gasteiger partial charge >= 0.3 is 0 Å². The van der Waals surface area contributed by atoms with Crippen LogP contribution in [0.3, 0.4) is 0 Å². The lowest BCUT2D eigenvalue weighted by molar-refractivity contribution is 0.546. The summed E-state index contributed by atoms with van der Waals surface area (Å²) in [6.45, 7) is 5.43. The lowest BCUT2D eigenvalue weighted by atomic mass is 10.1. The Kier molecular flexibility index (Phi) is 5.92. The maximum atomic E-state index is 12.2. The summed E-state index contributed by atoms with van der Waals surface area (Å²) in [6, 6.07) is 2.17. The normalized spacial score (nSPS) is 19.9. The summed E-state index contributed by atoms with van der Waals surface area (Å²) in [6.07, 6.45) is 1.11. The first-order valence-electron chi connectivity index (χ1n) is 6.85. The first kappa shape index (κ1) is 16.3. The standard InChI is InChI=1S/C13H22N2O2S3/c1-10(2)14-7-12-5-13(9-19-12)20(16,17)15-6-11-3-4-18-8-11/h5,9-11,14-15H,3-4,6-8H2,1-2H3. The van der Waals surface area contributed by atoms with E-state index >= 15 is 0 Å². The minimum Gasteiger partial charge on any atom is -0.310 e. The predicted octanol–water partition coefficient (Wildman–Crippen LogP) is 2.28. The van der Waals surface area contributed by atoms with Crippen LogP contribution in [0.4, 0.5) is 0 Å². The molecular formula is C13H22N2O2S3. The van der Waals surface area contributed by atoms with Gasteiger partial charge in [0.25, 0.3) is 0 Å². The summed E-state index contributed by atoms with van der Waals surface area (Å²) in [5.41, 5.74) is 0. The Morgan fingerprint density at radius 2 is 2.25 bits per heavy atom. The quantitative estimate of drug-likeness (QED) is 0.803. The van der Waals surface area contributed by atoms with Crippen molar-refractivity contribution in [1.29, 1.82) is 0 Å². The predicted molar refractivity (Wildman–Crippen MR) is 86.9 cm³/mol. The van der Waals surface area contributed by atoms with Gasteiger partial charge in [-0.05, 0) is 29.9 Å². The van der Waals surface area contributed by atoms with E-state index in [2.05, 4.69) is 23.9 Å². The molecule has 1 aliphatic rings. The second kappa shape index (κ2) is 7.26. The minimum atomic E-state index is -3.34. The molecule has 2 N–H and O–H groups in total. The van der Waals surface area contributed by atoms with Crippen molar-refractivity contribution < 1.29 is 8.42 Å². The molecule has 0 aliphatic carbocycles. The van der Waals surface area contributed by atoms with Gasteiger partial charge < -0.3 is 5.32 Å². The summed E-state index contributed by atoms with van der Waals surface area (Å²) in [5, 5.41) is 5.02. The molecule has 1 unspecified atom stereocenters. The zero-order valence-corrected chi connectivity index (χ0v) is 14.3. The van der Waals surface area contributed by atoms with E-state index in [1.807, 2.05) is 11.8 Å². The first-order valence-corrected chi connectivity index (χ1v) is 10.4. The van der Waals surface area contributed by atoms with E-state index in [-0.39, 0.29) is 0 Å². The molecule has 114 valence electrons. The molecule has 0 saturated carbocycles. The summed E-state index contributed by atoms with van der Waals surface area (Å²) < 4.78 is 27.2. The maximum Gasteiger partial charge on any atom is 0.241 e. The van der Waals surface area contributed by atoms with E-state index in [0.29, 0.717) is 23.4 Å². The molecule has 2 rings (SSSR count). The Labute approximate surface area is 129 Å². The van der Waals surface area contributed by atoms with Crippen LogP contribution in [0, 0.1) is 5.92 Å². The third-order valence-electron chi connectivity index (χ3n) is 3.21. The van der Waals surface area contributed by atoms with Crippen molar-refractivity contribution in [2.24, 2.45) is 5.92 Å². The highest BCUT2D eigenvalue weighted by Gasteiger charge is 2.21. The molecule has 4 nitrogen and oxygen atoms in total. The molecule has 0 amide bonds. The van der Waals surface area contributed by atoms with Crippen molar-refractivity contribution in [3.8, 4) is 0 Å². The van der Waals surface area contributed by atoms with E-state index in [9.17, 15) is 8.42 Å². The number of hydrogen-bond donors (Lipinski definition) is 2. The molecular weight excluding hydrogens is 312 g/mol. The van der Waals surface area contributed by atoms with E-state index in [4.69, 9.17) is 0 Å². The summed E-state index contributed by atoms with van der Waals surface area (Å²) in [4.78, 5) is 1.45.